The largest absolute Gasteiger partial charge is 0.493 e. The first-order valence-electron chi connectivity index (χ1n) is 10.8. The Morgan fingerprint density at radius 2 is 1.86 bits per heavy atom. The Morgan fingerprint density at radius 1 is 1.08 bits per heavy atom. The molecule has 0 spiro atoms. The van der Waals surface area contributed by atoms with Crippen LogP contribution < -0.4 is 8.92 Å². The summed E-state index contributed by atoms with van der Waals surface area (Å²) in [6, 6.07) is 14.4. The molecule has 1 N–H and O–H groups in total. The first kappa shape index (κ1) is 24.4. The van der Waals surface area contributed by atoms with Crippen LogP contribution >= 0.6 is 11.8 Å². The Labute approximate surface area is 217 Å². The maximum atomic E-state index is 12.7. The van der Waals surface area contributed by atoms with E-state index in [4.69, 9.17) is 14.3 Å². The van der Waals surface area contributed by atoms with Crippen LogP contribution in [0.2, 0.25) is 0 Å². The fourth-order valence-electron chi connectivity index (χ4n) is 3.48. The van der Waals surface area contributed by atoms with Gasteiger partial charge in [0.2, 0.25) is 5.17 Å². The van der Waals surface area contributed by atoms with E-state index in [1.54, 1.807) is 36.7 Å². The van der Waals surface area contributed by atoms with Crippen LogP contribution in [0.3, 0.4) is 0 Å². The van der Waals surface area contributed by atoms with E-state index >= 15 is 0 Å². The van der Waals surface area contributed by atoms with Gasteiger partial charge in [-0.25, -0.2) is 0 Å². The van der Waals surface area contributed by atoms with Crippen molar-refractivity contribution in [2.45, 2.75) is 11.8 Å². The normalized spacial score (nSPS) is 16.4. The second-order valence-corrected chi connectivity index (χ2v) is 10.4. The summed E-state index contributed by atoms with van der Waals surface area (Å²) in [6.45, 7) is 1.85. The van der Waals surface area contributed by atoms with Crippen LogP contribution in [-0.2, 0) is 14.9 Å². The zero-order chi connectivity index (χ0) is 26.2. The summed E-state index contributed by atoms with van der Waals surface area (Å²) in [7, 11) is -2.71. The average molecular weight is 534 g/mol. The van der Waals surface area contributed by atoms with Gasteiger partial charge in [-0.2, -0.15) is 23.5 Å². The molecule has 1 aromatic heterocycles. The number of nitrogens with one attached hydrogen (secondary N) is 1. The van der Waals surface area contributed by atoms with Crippen molar-refractivity contribution in [3.8, 4) is 11.5 Å². The van der Waals surface area contributed by atoms with E-state index in [9.17, 15) is 13.2 Å². The van der Waals surface area contributed by atoms with Crippen molar-refractivity contribution >= 4 is 49.9 Å². The Bertz CT molecular complexity index is 1610. The summed E-state index contributed by atoms with van der Waals surface area (Å²) < 4.78 is 36.1. The molecule has 5 rings (SSSR count). The van der Waals surface area contributed by atoms with Crippen molar-refractivity contribution in [3.05, 3.63) is 89.3 Å². The van der Waals surface area contributed by atoms with Gasteiger partial charge in [-0.3, -0.25) is 15.2 Å². The quantitative estimate of drug-likeness (QED) is 0.373. The van der Waals surface area contributed by atoms with Crippen molar-refractivity contribution in [2.75, 3.05) is 7.11 Å². The van der Waals surface area contributed by atoms with Gasteiger partial charge in [0.1, 0.15) is 9.94 Å². The van der Waals surface area contributed by atoms with E-state index in [1.807, 2.05) is 13.0 Å². The van der Waals surface area contributed by atoms with E-state index in [0.29, 0.717) is 10.6 Å². The highest BCUT2D eigenvalue weighted by molar-refractivity contribution is 8.27. The third-order valence-electron chi connectivity index (χ3n) is 5.37. The summed E-state index contributed by atoms with van der Waals surface area (Å²) in [5.74, 6) is -0.606. The minimum absolute atomic E-state index is 0.0101. The molecule has 1 amide bonds. The van der Waals surface area contributed by atoms with Crippen LogP contribution in [0.5, 0.6) is 11.5 Å². The molecule has 2 aromatic carbocycles. The third kappa shape index (κ3) is 4.88. The number of fused-ring (bicyclic) bond motifs is 1. The maximum absolute atomic E-state index is 12.7. The van der Waals surface area contributed by atoms with Crippen LogP contribution in [0.1, 0.15) is 16.7 Å². The van der Waals surface area contributed by atoms with E-state index in [2.05, 4.69) is 15.1 Å². The Morgan fingerprint density at radius 3 is 2.57 bits per heavy atom. The number of methoxy groups -OCH3 is 1. The molecule has 0 saturated heterocycles. The minimum atomic E-state index is -4.09. The van der Waals surface area contributed by atoms with Gasteiger partial charge in [0.05, 0.1) is 12.7 Å². The summed E-state index contributed by atoms with van der Waals surface area (Å²) in [5.41, 5.74) is 2.16. The number of benzene rings is 2. The van der Waals surface area contributed by atoms with Crippen LogP contribution in [-0.4, -0.2) is 47.5 Å². The van der Waals surface area contributed by atoms with E-state index in [-0.39, 0.29) is 33.0 Å². The number of thioether (sulfide) groups is 1. The lowest BCUT2D eigenvalue weighted by Crippen LogP contribution is -2.35. The minimum Gasteiger partial charge on any atom is -0.493 e. The molecule has 0 unspecified atom stereocenters. The lowest BCUT2D eigenvalue weighted by molar-refractivity contribution is -0.114. The highest BCUT2D eigenvalue weighted by Gasteiger charge is 2.36. The zero-order valence-corrected chi connectivity index (χ0v) is 21.2. The topological polar surface area (TPSA) is 134 Å². The van der Waals surface area contributed by atoms with Crippen molar-refractivity contribution in [1.29, 1.82) is 5.41 Å². The molecule has 3 aromatic rings. The van der Waals surface area contributed by atoms with Crippen molar-refractivity contribution in [3.63, 3.8) is 0 Å². The average Bonchev–Trinajstić information content (AvgIpc) is 3.32. The highest BCUT2D eigenvalue weighted by Crippen LogP contribution is 2.34. The van der Waals surface area contributed by atoms with Crippen molar-refractivity contribution in [1.82, 2.24) is 9.99 Å². The number of amides is 1. The Kier molecular flexibility index (Phi) is 6.36. The van der Waals surface area contributed by atoms with Crippen molar-refractivity contribution < 1.29 is 22.1 Å². The molecule has 37 heavy (non-hydrogen) atoms. The van der Waals surface area contributed by atoms with Crippen LogP contribution in [0.15, 0.2) is 87.6 Å². The molecule has 2 aliphatic heterocycles. The SMILES string of the molecule is COc1cc(/C=C2/C(=N)N3N=C(c4cccnc4)SC3=NC2=O)ccc1OS(=O)(=O)c1ccc(C)cc1. The molecule has 0 bridgehead atoms. The highest BCUT2D eigenvalue weighted by atomic mass is 32.2. The zero-order valence-electron chi connectivity index (χ0n) is 19.6. The Hall–Kier alpha value is -4.29. The summed E-state index contributed by atoms with van der Waals surface area (Å²) in [5, 5.41) is 15.1. The first-order chi connectivity index (χ1) is 17.7. The molecule has 0 radical (unpaired) electrons. The molecule has 10 nitrogen and oxygen atoms in total. The van der Waals surface area contributed by atoms with Gasteiger partial charge in [0.15, 0.2) is 17.3 Å². The van der Waals surface area contributed by atoms with E-state index in [0.717, 1.165) is 11.1 Å². The fraction of sp³-hybridized carbons (Fsp3) is 0.0800. The van der Waals surface area contributed by atoms with E-state index < -0.39 is 16.0 Å². The monoisotopic (exact) mass is 533 g/mol. The molecule has 2 aliphatic rings. The standard InChI is InChI=1S/C25H19N5O5S2/c1-15-5-8-18(9-6-15)37(32,33)35-20-10-7-16(13-21(20)34-2)12-19-22(26)30-25(28-23(19)31)36-24(29-30)17-4-3-11-27-14-17/h3-14,26H,1-2H3/b19-12-,26-22?. The van der Waals surface area contributed by atoms with Crippen LogP contribution in [0, 0.1) is 12.3 Å². The number of aromatic nitrogens is 1. The molecular weight excluding hydrogens is 514 g/mol. The molecule has 3 heterocycles. The smallest absolute Gasteiger partial charge is 0.339 e. The van der Waals surface area contributed by atoms with Gasteiger partial charge >= 0.3 is 10.1 Å². The number of rotatable bonds is 6. The lowest BCUT2D eigenvalue weighted by Gasteiger charge is -2.20. The number of amidine groups is 2. The second-order valence-electron chi connectivity index (χ2n) is 7.93. The molecule has 0 saturated carbocycles. The number of carbonyl (C=O) groups is 1. The number of hydrogen-bond donors (Lipinski definition) is 1. The number of carbonyl (C=O) groups excluding carboxylic acids is 1. The number of pyridine rings is 1. The Balaban J connectivity index is 1.42. The third-order valence-corrected chi connectivity index (χ3v) is 7.58. The van der Waals surface area contributed by atoms with Gasteiger partial charge < -0.3 is 8.92 Å². The number of aryl methyl sites for hydroxylation is 1. The van der Waals surface area contributed by atoms with Gasteiger partial charge in [-0.15, -0.1) is 0 Å². The number of hydrogen-bond acceptors (Lipinski definition) is 9. The summed E-state index contributed by atoms with van der Waals surface area (Å²) >= 11 is 1.18. The predicted molar refractivity (Wildman–Crippen MR) is 140 cm³/mol. The van der Waals surface area contributed by atoms with Gasteiger partial charge in [0, 0.05) is 18.0 Å². The molecule has 186 valence electrons. The van der Waals surface area contributed by atoms with E-state index in [1.165, 1.54) is 54.2 Å². The van der Waals surface area contributed by atoms with Crippen LogP contribution in [0.4, 0.5) is 0 Å². The van der Waals surface area contributed by atoms with Crippen LogP contribution in [0.25, 0.3) is 6.08 Å². The number of nitrogens with zero attached hydrogens (tertiary/aromatic N) is 4. The second kappa shape index (κ2) is 9.64. The first-order valence-corrected chi connectivity index (χ1v) is 13.1. The molecule has 0 fully saturated rings. The fourth-order valence-corrected chi connectivity index (χ4v) is 5.30. The molecule has 0 aliphatic carbocycles. The molecule has 12 heteroatoms. The number of ether oxygens (including phenoxy) is 1. The predicted octanol–water partition coefficient (Wildman–Crippen LogP) is 3.83. The lowest BCUT2D eigenvalue weighted by atomic mass is 10.1. The van der Waals surface area contributed by atoms with Crippen molar-refractivity contribution in [2.24, 2.45) is 10.1 Å². The molecule has 0 atom stereocenters. The van der Waals surface area contributed by atoms with Gasteiger partial charge in [-0.05, 0) is 66.7 Å². The number of hydrazone groups is 1. The number of aliphatic imine (C=N–C) groups is 1. The molecular formula is C25H19N5O5S2. The van der Waals surface area contributed by atoms with Gasteiger partial charge in [-0.1, -0.05) is 23.8 Å². The van der Waals surface area contributed by atoms with Gasteiger partial charge in [0.25, 0.3) is 5.91 Å². The summed E-state index contributed by atoms with van der Waals surface area (Å²) in [4.78, 5) is 20.9. The maximum Gasteiger partial charge on any atom is 0.339 e. The summed E-state index contributed by atoms with van der Waals surface area (Å²) in [6.07, 6.45) is 4.75.